The van der Waals surface area contributed by atoms with Crippen LogP contribution in [0.15, 0.2) is 24.3 Å². The molecule has 0 fully saturated rings. The van der Waals surface area contributed by atoms with Gasteiger partial charge in [0, 0.05) is 7.05 Å². The van der Waals surface area contributed by atoms with Crippen LogP contribution >= 0.6 is 0 Å². The lowest BCUT2D eigenvalue weighted by Gasteiger charge is -2.21. The molecule has 1 aromatic carbocycles. The molecule has 18 heavy (non-hydrogen) atoms. The van der Waals surface area contributed by atoms with Gasteiger partial charge in [0.15, 0.2) is 5.25 Å². The second-order valence-electron chi connectivity index (χ2n) is 3.66. The number of carboxylic acids is 1. The first-order valence-electron chi connectivity index (χ1n) is 5.01. The van der Waals surface area contributed by atoms with E-state index in [1.165, 1.54) is 31.3 Å². The van der Waals surface area contributed by atoms with Crippen LogP contribution in [-0.4, -0.2) is 31.8 Å². The summed E-state index contributed by atoms with van der Waals surface area (Å²) in [4.78, 5) is 10.7. The topological polar surface area (TPSA) is 98.5 Å². The summed E-state index contributed by atoms with van der Waals surface area (Å²) in [6, 6.07) is 7.83. The molecule has 0 aliphatic carbocycles. The second kappa shape index (κ2) is 5.06. The highest BCUT2D eigenvalue weighted by Gasteiger charge is 2.31. The third kappa shape index (κ3) is 2.60. The summed E-state index contributed by atoms with van der Waals surface area (Å²) in [7, 11) is -2.74. The summed E-state index contributed by atoms with van der Waals surface area (Å²) in [6.45, 7) is 1.10. The Morgan fingerprint density at radius 1 is 1.50 bits per heavy atom. The van der Waals surface area contributed by atoms with Crippen molar-refractivity contribution in [3.8, 4) is 6.07 Å². The van der Waals surface area contributed by atoms with Crippen LogP contribution < -0.4 is 4.31 Å². The van der Waals surface area contributed by atoms with E-state index in [-0.39, 0.29) is 5.69 Å². The number of carbonyl (C=O) groups is 1. The zero-order chi connectivity index (χ0) is 13.9. The van der Waals surface area contributed by atoms with Crippen LogP contribution in [0.4, 0.5) is 5.69 Å². The molecule has 1 aromatic rings. The Labute approximate surface area is 105 Å². The number of rotatable bonds is 4. The maximum atomic E-state index is 11.9. The van der Waals surface area contributed by atoms with Gasteiger partial charge in [0.05, 0.1) is 17.3 Å². The highest BCUT2D eigenvalue weighted by molar-refractivity contribution is 7.94. The first kappa shape index (κ1) is 14.0. The van der Waals surface area contributed by atoms with Gasteiger partial charge in [0.25, 0.3) is 0 Å². The van der Waals surface area contributed by atoms with E-state index in [9.17, 15) is 13.2 Å². The Morgan fingerprint density at radius 3 is 2.61 bits per heavy atom. The monoisotopic (exact) mass is 268 g/mol. The average Bonchev–Trinajstić information content (AvgIpc) is 2.36. The molecule has 96 valence electrons. The second-order valence-corrected chi connectivity index (χ2v) is 5.94. The quantitative estimate of drug-likeness (QED) is 0.870. The number of benzene rings is 1. The Morgan fingerprint density at radius 2 is 2.11 bits per heavy atom. The van der Waals surface area contributed by atoms with E-state index in [0.717, 1.165) is 11.2 Å². The number of hydrogen-bond acceptors (Lipinski definition) is 4. The number of nitrogens with zero attached hydrogens (tertiary/aromatic N) is 2. The van der Waals surface area contributed by atoms with Crippen molar-refractivity contribution in [2.45, 2.75) is 12.2 Å². The number of sulfonamides is 1. The smallest absolute Gasteiger partial charge is 0.323 e. The molecule has 0 aromatic heterocycles. The molecular weight excluding hydrogens is 256 g/mol. The first-order valence-corrected chi connectivity index (χ1v) is 6.51. The van der Waals surface area contributed by atoms with Crippen molar-refractivity contribution in [3.63, 3.8) is 0 Å². The molecule has 0 aliphatic heterocycles. The Bertz CT molecular complexity index is 604. The van der Waals surface area contributed by atoms with Crippen LogP contribution in [0.1, 0.15) is 12.5 Å². The van der Waals surface area contributed by atoms with E-state index >= 15 is 0 Å². The Balaban J connectivity index is 3.18. The van der Waals surface area contributed by atoms with Crippen molar-refractivity contribution in [2.75, 3.05) is 11.4 Å². The third-order valence-corrected chi connectivity index (χ3v) is 4.58. The van der Waals surface area contributed by atoms with E-state index in [1.807, 2.05) is 6.07 Å². The first-order chi connectivity index (χ1) is 8.30. The zero-order valence-corrected chi connectivity index (χ0v) is 10.7. The fraction of sp³-hybridized carbons (Fsp3) is 0.273. The van der Waals surface area contributed by atoms with Crippen molar-refractivity contribution in [3.05, 3.63) is 29.8 Å². The highest BCUT2D eigenvalue weighted by atomic mass is 32.2. The van der Waals surface area contributed by atoms with Gasteiger partial charge in [-0.2, -0.15) is 5.26 Å². The van der Waals surface area contributed by atoms with Crippen molar-refractivity contribution in [1.82, 2.24) is 0 Å². The lowest BCUT2D eigenvalue weighted by Crippen LogP contribution is -2.38. The molecular formula is C11H12N2O4S. The molecule has 7 heteroatoms. The van der Waals surface area contributed by atoms with E-state index in [4.69, 9.17) is 10.4 Å². The summed E-state index contributed by atoms with van der Waals surface area (Å²) < 4.78 is 24.7. The summed E-state index contributed by atoms with van der Waals surface area (Å²) in [5.74, 6) is -1.42. The molecule has 1 N–H and O–H groups in total. The van der Waals surface area contributed by atoms with Gasteiger partial charge in [0.2, 0.25) is 10.0 Å². The minimum Gasteiger partial charge on any atom is -0.480 e. The van der Waals surface area contributed by atoms with E-state index in [0.29, 0.717) is 5.56 Å². The fourth-order valence-corrected chi connectivity index (χ4v) is 2.42. The zero-order valence-electron chi connectivity index (χ0n) is 9.86. The maximum Gasteiger partial charge on any atom is 0.323 e. The fourth-order valence-electron chi connectivity index (χ4n) is 1.28. The van der Waals surface area contributed by atoms with E-state index < -0.39 is 21.2 Å². The molecule has 0 radical (unpaired) electrons. The lowest BCUT2D eigenvalue weighted by molar-refractivity contribution is -0.136. The Kier molecular flexibility index (Phi) is 3.93. The summed E-state index contributed by atoms with van der Waals surface area (Å²) in [5, 5.41) is 15.9. The van der Waals surface area contributed by atoms with Crippen LogP contribution in [0, 0.1) is 11.3 Å². The molecule has 0 spiro atoms. The highest BCUT2D eigenvalue weighted by Crippen LogP contribution is 2.20. The minimum atomic E-state index is -3.99. The molecule has 0 bridgehead atoms. The summed E-state index contributed by atoms with van der Waals surface area (Å²) in [5.41, 5.74) is 0.555. The lowest BCUT2D eigenvalue weighted by atomic mass is 10.2. The van der Waals surface area contributed by atoms with Crippen molar-refractivity contribution < 1.29 is 18.3 Å². The van der Waals surface area contributed by atoms with Crippen LogP contribution in [-0.2, 0) is 14.8 Å². The minimum absolute atomic E-state index is 0.252. The van der Waals surface area contributed by atoms with Gasteiger partial charge in [-0.25, -0.2) is 8.42 Å². The van der Waals surface area contributed by atoms with Crippen LogP contribution in [0.25, 0.3) is 0 Å². The summed E-state index contributed by atoms with van der Waals surface area (Å²) >= 11 is 0. The van der Waals surface area contributed by atoms with Gasteiger partial charge in [0.1, 0.15) is 0 Å². The van der Waals surface area contributed by atoms with Crippen LogP contribution in [0.3, 0.4) is 0 Å². The van der Waals surface area contributed by atoms with E-state index in [1.54, 1.807) is 0 Å². The number of nitriles is 1. The molecule has 1 rings (SSSR count). The van der Waals surface area contributed by atoms with Crippen LogP contribution in [0.5, 0.6) is 0 Å². The molecule has 0 amide bonds. The van der Waals surface area contributed by atoms with Crippen molar-refractivity contribution >= 4 is 21.7 Å². The number of aliphatic carboxylic acids is 1. The molecule has 1 unspecified atom stereocenters. The number of hydrogen-bond donors (Lipinski definition) is 1. The van der Waals surface area contributed by atoms with Gasteiger partial charge >= 0.3 is 5.97 Å². The number of anilines is 1. The number of carboxylic acid groups (broad SMARTS) is 1. The Hall–Kier alpha value is -2.07. The van der Waals surface area contributed by atoms with Gasteiger partial charge in [-0.15, -0.1) is 0 Å². The SMILES string of the molecule is CC(C(=O)O)S(=O)(=O)N(C)c1cccc(C#N)c1. The summed E-state index contributed by atoms with van der Waals surface area (Å²) in [6.07, 6.45) is 0. The van der Waals surface area contributed by atoms with E-state index in [2.05, 4.69) is 0 Å². The van der Waals surface area contributed by atoms with Crippen LogP contribution in [0.2, 0.25) is 0 Å². The van der Waals surface area contributed by atoms with Gasteiger partial charge in [-0.05, 0) is 25.1 Å². The molecule has 0 aliphatic rings. The normalized spacial score (nSPS) is 12.5. The maximum absolute atomic E-state index is 11.9. The molecule has 6 nitrogen and oxygen atoms in total. The molecule has 0 saturated heterocycles. The van der Waals surface area contributed by atoms with Gasteiger partial charge in [-0.3, -0.25) is 9.10 Å². The predicted octanol–water partition coefficient (Wildman–Crippen LogP) is 0.797. The van der Waals surface area contributed by atoms with Gasteiger partial charge in [-0.1, -0.05) is 6.07 Å². The van der Waals surface area contributed by atoms with Crippen molar-refractivity contribution in [2.24, 2.45) is 0 Å². The van der Waals surface area contributed by atoms with Crippen molar-refractivity contribution in [1.29, 1.82) is 5.26 Å². The van der Waals surface area contributed by atoms with Gasteiger partial charge < -0.3 is 5.11 Å². The standard InChI is InChI=1S/C11H12N2O4S/c1-8(11(14)15)18(16,17)13(2)10-5-3-4-9(6-10)7-12/h3-6,8H,1-2H3,(H,14,15). The molecule has 1 atom stereocenters. The average molecular weight is 268 g/mol. The predicted molar refractivity (Wildman–Crippen MR) is 65.6 cm³/mol. The molecule has 0 saturated carbocycles. The molecule has 0 heterocycles. The largest absolute Gasteiger partial charge is 0.480 e. The third-order valence-electron chi connectivity index (χ3n) is 2.52.